The Balaban J connectivity index is 2.21. The van der Waals surface area contributed by atoms with E-state index in [0.717, 1.165) is 0 Å². The van der Waals surface area contributed by atoms with Crippen molar-refractivity contribution in [1.29, 1.82) is 0 Å². The highest BCUT2D eigenvalue weighted by Crippen LogP contribution is 2.35. The van der Waals surface area contributed by atoms with Gasteiger partial charge in [-0.05, 0) is 45.3 Å². The molecule has 2 heterocycles. The molecule has 0 aliphatic heterocycles. The molecule has 3 aromatic rings. The first kappa shape index (κ1) is 21.9. The Morgan fingerprint density at radius 3 is 2.57 bits per heavy atom. The van der Waals surface area contributed by atoms with Crippen molar-refractivity contribution in [3.63, 3.8) is 0 Å². The molecule has 9 heteroatoms. The molecule has 162 valence electrons. The Morgan fingerprint density at radius 1 is 1.23 bits per heavy atom. The Kier molecular flexibility index (Phi) is 6.23. The van der Waals surface area contributed by atoms with E-state index in [1.54, 1.807) is 42.8 Å². The summed E-state index contributed by atoms with van der Waals surface area (Å²) in [4.78, 5) is 14.8. The second-order valence-corrected chi connectivity index (χ2v) is 9.47. The number of rotatable bonds is 8. The van der Waals surface area contributed by atoms with E-state index < -0.39 is 15.8 Å². The number of phenolic OH excluding ortho intramolecular Hbond substituents is 1. The van der Waals surface area contributed by atoms with Crippen molar-refractivity contribution in [1.82, 2.24) is 9.47 Å². The molecule has 3 rings (SSSR count). The van der Waals surface area contributed by atoms with E-state index in [-0.39, 0.29) is 29.4 Å². The van der Waals surface area contributed by atoms with Crippen molar-refractivity contribution in [2.45, 2.75) is 25.0 Å². The number of phenols is 1. The summed E-state index contributed by atoms with van der Waals surface area (Å²) in [5.41, 5.74) is 1.69. The number of ether oxygens (including phenoxy) is 1. The van der Waals surface area contributed by atoms with Gasteiger partial charge in [-0.1, -0.05) is 0 Å². The van der Waals surface area contributed by atoms with Crippen LogP contribution in [0, 0.1) is 0 Å². The monoisotopic (exact) mass is 434 g/mol. The topological polar surface area (TPSA) is 102 Å². The lowest BCUT2D eigenvalue weighted by Crippen LogP contribution is -2.15. The minimum Gasteiger partial charge on any atom is -0.508 e. The maximum absolute atomic E-state index is 12.9. The Bertz CT molecular complexity index is 1160. The summed E-state index contributed by atoms with van der Waals surface area (Å²) < 4.78 is 37.9. The van der Waals surface area contributed by atoms with Crippen LogP contribution in [-0.4, -0.2) is 49.7 Å². The second kappa shape index (κ2) is 8.53. The van der Waals surface area contributed by atoms with E-state index >= 15 is 0 Å². The van der Waals surface area contributed by atoms with Crippen molar-refractivity contribution >= 4 is 26.7 Å². The quantitative estimate of drug-likeness (QED) is 0.544. The summed E-state index contributed by atoms with van der Waals surface area (Å²) in [6.45, 7) is 2.21. The van der Waals surface area contributed by atoms with Crippen molar-refractivity contribution in [2.24, 2.45) is 7.05 Å². The van der Waals surface area contributed by atoms with E-state index in [1.807, 2.05) is 19.0 Å². The van der Waals surface area contributed by atoms with Gasteiger partial charge in [-0.2, -0.15) is 0 Å². The molecular formula is C21H26N2O6S. The smallest absolute Gasteiger partial charge is 0.340 e. The molecule has 0 unspecified atom stereocenters. The number of carbonyl (C=O) groups is 1. The molecule has 0 amide bonds. The summed E-state index contributed by atoms with van der Waals surface area (Å²) in [5.74, 6) is -0.888. The number of fused-ring (bicyclic) bond motifs is 1. The Hall–Kier alpha value is -2.78. The van der Waals surface area contributed by atoms with Crippen LogP contribution in [-0.2, 0) is 39.7 Å². The lowest BCUT2D eigenvalue weighted by molar-refractivity contribution is 0.0527. The maximum Gasteiger partial charge on any atom is 0.340 e. The van der Waals surface area contributed by atoms with Gasteiger partial charge in [0.1, 0.15) is 17.3 Å². The van der Waals surface area contributed by atoms with Crippen LogP contribution in [0.5, 0.6) is 5.75 Å². The highest BCUT2D eigenvalue weighted by Gasteiger charge is 2.29. The molecule has 0 aliphatic rings. The van der Waals surface area contributed by atoms with Gasteiger partial charge in [-0.3, -0.25) is 0 Å². The number of furan rings is 1. The summed E-state index contributed by atoms with van der Waals surface area (Å²) in [7, 11) is 1.76. The van der Waals surface area contributed by atoms with Crippen LogP contribution < -0.4 is 0 Å². The zero-order valence-corrected chi connectivity index (χ0v) is 18.3. The standard InChI is InChI=1S/C21H26N2O6S/c1-5-28-21(25)20-17(13-30(26,27)12-14-7-6-10-29-14)23(4)16-8-9-18(24)15(19(16)20)11-22(2)3/h6-10,24H,5,11-13H2,1-4H3. The predicted molar refractivity (Wildman–Crippen MR) is 113 cm³/mol. The third-order valence-electron chi connectivity index (χ3n) is 4.82. The molecule has 0 radical (unpaired) electrons. The Labute approximate surface area is 175 Å². The highest BCUT2D eigenvalue weighted by molar-refractivity contribution is 7.89. The van der Waals surface area contributed by atoms with Gasteiger partial charge in [0.05, 0.1) is 24.2 Å². The fraction of sp³-hybridized carbons (Fsp3) is 0.381. The highest BCUT2D eigenvalue weighted by atomic mass is 32.2. The van der Waals surface area contributed by atoms with Crippen LogP contribution in [0.2, 0.25) is 0 Å². The number of hydrogen-bond donors (Lipinski definition) is 1. The predicted octanol–water partition coefficient (Wildman–Crippen LogP) is 2.83. The van der Waals surface area contributed by atoms with Crippen molar-refractivity contribution in [2.75, 3.05) is 20.7 Å². The third-order valence-corrected chi connectivity index (χ3v) is 6.26. The summed E-state index contributed by atoms with van der Waals surface area (Å²) in [6.07, 6.45) is 1.42. The average molecular weight is 435 g/mol. The largest absolute Gasteiger partial charge is 0.508 e. The first-order valence-electron chi connectivity index (χ1n) is 9.51. The van der Waals surface area contributed by atoms with E-state index in [1.165, 1.54) is 6.26 Å². The number of nitrogens with zero attached hydrogens (tertiary/aromatic N) is 2. The zero-order chi connectivity index (χ0) is 22.1. The minimum atomic E-state index is -3.64. The average Bonchev–Trinajstić information content (AvgIpc) is 3.24. The first-order chi connectivity index (χ1) is 14.1. The third kappa shape index (κ3) is 4.36. The van der Waals surface area contributed by atoms with Gasteiger partial charge in [0.15, 0.2) is 9.84 Å². The van der Waals surface area contributed by atoms with E-state index in [2.05, 4.69) is 0 Å². The molecule has 0 atom stereocenters. The van der Waals surface area contributed by atoms with E-state index in [0.29, 0.717) is 34.5 Å². The van der Waals surface area contributed by atoms with Gasteiger partial charge >= 0.3 is 5.97 Å². The lowest BCUT2D eigenvalue weighted by Gasteiger charge is -2.14. The van der Waals surface area contributed by atoms with Crippen molar-refractivity contribution in [3.05, 3.63) is 53.1 Å². The fourth-order valence-corrected chi connectivity index (χ4v) is 5.03. The SMILES string of the molecule is CCOC(=O)c1c(CS(=O)(=O)Cc2ccco2)n(C)c2ccc(O)c(CN(C)C)c12. The summed E-state index contributed by atoms with van der Waals surface area (Å²) >= 11 is 0. The Morgan fingerprint density at radius 2 is 1.97 bits per heavy atom. The molecule has 8 nitrogen and oxygen atoms in total. The maximum atomic E-state index is 12.9. The molecule has 0 saturated carbocycles. The molecule has 1 aromatic carbocycles. The molecule has 0 spiro atoms. The molecule has 0 bridgehead atoms. The van der Waals surface area contributed by atoms with Crippen LogP contribution in [0.4, 0.5) is 0 Å². The van der Waals surface area contributed by atoms with Gasteiger partial charge in [0.25, 0.3) is 0 Å². The number of aromatic hydroxyl groups is 1. The molecule has 0 aliphatic carbocycles. The number of aromatic nitrogens is 1. The van der Waals surface area contributed by atoms with Gasteiger partial charge < -0.3 is 23.7 Å². The van der Waals surface area contributed by atoms with Crippen LogP contribution in [0.15, 0.2) is 34.9 Å². The number of benzene rings is 1. The number of sulfone groups is 1. The minimum absolute atomic E-state index is 0.0392. The molecular weight excluding hydrogens is 408 g/mol. The number of esters is 1. The fourth-order valence-electron chi connectivity index (χ4n) is 3.58. The van der Waals surface area contributed by atoms with Crippen LogP contribution in [0.3, 0.4) is 0 Å². The molecule has 30 heavy (non-hydrogen) atoms. The normalized spacial score (nSPS) is 12.0. The van der Waals surface area contributed by atoms with Gasteiger partial charge in [0.2, 0.25) is 0 Å². The second-order valence-electron chi connectivity index (χ2n) is 7.41. The van der Waals surface area contributed by atoms with Gasteiger partial charge in [0, 0.05) is 35.8 Å². The summed E-state index contributed by atoms with van der Waals surface area (Å²) in [6, 6.07) is 6.45. The van der Waals surface area contributed by atoms with Gasteiger partial charge in [-0.25, -0.2) is 13.2 Å². The van der Waals surface area contributed by atoms with Crippen molar-refractivity contribution in [3.8, 4) is 5.75 Å². The lowest BCUT2D eigenvalue weighted by atomic mass is 10.0. The number of aryl methyl sites for hydroxylation is 1. The number of carbonyl (C=O) groups excluding carboxylic acids is 1. The zero-order valence-electron chi connectivity index (χ0n) is 17.5. The molecule has 2 aromatic heterocycles. The molecule has 1 N–H and O–H groups in total. The van der Waals surface area contributed by atoms with Crippen LogP contribution in [0.1, 0.15) is 34.3 Å². The first-order valence-corrected chi connectivity index (χ1v) is 11.3. The van der Waals surface area contributed by atoms with Gasteiger partial charge in [-0.15, -0.1) is 0 Å². The van der Waals surface area contributed by atoms with E-state index in [9.17, 15) is 18.3 Å². The van der Waals surface area contributed by atoms with Crippen LogP contribution >= 0.6 is 0 Å². The number of hydrogen-bond acceptors (Lipinski definition) is 7. The van der Waals surface area contributed by atoms with E-state index in [4.69, 9.17) is 9.15 Å². The molecule has 0 saturated heterocycles. The molecule has 0 fully saturated rings. The summed E-state index contributed by atoms with van der Waals surface area (Å²) in [5, 5.41) is 11.0. The van der Waals surface area contributed by atoms with Crippen LogP contribution in [0.25, 0.3) is 10.9 Å². The van der Waals surface area contributed by atoms with Crippen molar-refractivity contribution < 1.29 is 27.5 Å².